The molecule has 1 heterocycles. The fourth-order valence-corrected chi connectivity index (χ4v) is 2.35. The zero-order valence-corrected chi connectivity index (χ0v) is 11.3. The van der Waals surface area contributed by atoms with Crippen LogP contribution in [0.4, 0.5) is 0 Å². The molecule has 3 nitrogen and oxygen atoms in total. The van der Waals surface area contributed by atoms with Gasteiger partial charge in [0.15, 0.2) is 0 Å². The minimum atomic E-state index is -0.126. The Morgan fingerprint density at radius 2 is 2.06 bits per heavy atom. The normalized spacial score (nSPS) is 25.1. The molecule has 1 N–H and O–H groups in total. The molecule has 1 aromatic carbocycles. The van der Waals surface area contributed by atoms with Crippen LogP contribution in [0.5, 0.6) is 5.75 Å². The highest BCUT2D eigenvalue weighted by Crippen LogP contribution is 2.16. The van der Waals surface area contributed by atoms with Crippen molar-refractivity contribution in [3.8, 4) is 5.75 Å². The minimum Gasteiger partial charge on any atom is -0.492 e. The van der Waals surface area contributed by atoms with Gasteiger partial charge >= 0.3 is 0 Å². The molecule has 0 saturated carbocycles. The second kappa shape index (κ2) is 6.21. The van der Waals surface area contributed by atoms with E-state index < -0.39 is 0 Å². The molecule has 0 bridgehead atoms. The zero-order chi connectivity index (χ0) is 13.0. The molecule has 1 fully saturated rings. The van der Waals surface area contributed by atoms with Crippen LogP contribution in [0.3, 0.4) is 0 Å². The van der Waals surface area contributed by atoms with Crippen molar-refractivity contribution in [3.63, 3.8) is 0 Å². The highest BCUT2D eigenvalue weighted by Gasteiger charge is 2.23. The summed E-state index contributed by atoms with van der Waals surface area (Å²) in [5, 5.41) is 9.67. The Labute approximate surface area is 109 Å². The van der Waals surface area contributed by atoms with Crippen molar-refractivity contribution in [1.82, 2.24) is 4.90 Å². The van der Waals surface area contributed by atoms with Crippen LogP contribution in [0.25, 0.3) is 0 Å². The molecule has 0 radical (unpaired) electrons. The topological polar surface area (TPSA) is 32.7 Å². The van der Waals surface area contributed by atoms with E-state index in [-0.39, 0.29) is 6.10 Å². The van der Waals surface area contributed by atoms with Crippen LogP contribution in [0.2, 0.25) is 0 Å². The summed E-state index contributed by atoms with van der Waals surface area (Å²) < 4.78 is 5.72. The van der Waals surface area contributed by atoms with Gasteiger partial charge in [0.25, 0.3) is 0 Å². The van der Waals surface area contributed by atoms with Gasteiger partial charge in [-0.15, -0.1) is 0 Å². The zero-order valence-electron chi connectivity index (χ0n) is 11.3. The number of ether oxygens (including phenoxy) is 1. The van der Waals surface area contributed by atoms with Gasteiger partial charge in [-0.1, -0.05) is 24.6 Å². The van der Waals surface area contributed by atoms with Crippen LogP contribution >= 0.6 is 0 Å². The first-order valence-electron chi connectivity index (χ1n) is 6.75. The maximum atomic E-state index is 9.67. The standard InChI is InChI=1S/C15H23NO2/c1-12-3-5-14(6-4-12)18-10-9-16-8-7-15(17)13(2)11-16/h3-6,13,15,17H,7-11H2,1-2H3. The summed E-state index contributed by atoms with van der Waals surface area (Å²) in [6.07, 6.45) is 0.755. The van der Waals surface area contributed by atoms with E-state index in [0.29, 0.717) is 12.5 Å². The summed E-state index contributed by atoms with van der Waals surface area (Å²) in [5.41, 5.74) is 1.25. The molecule has 100 valence electrons. The van der Waals surface area contributed by atoms with Crippen molar-refractivity contribution >= 4 is 0 Å². The Morgan fingerprint density at radius 1 is 1.33 bits per heavy atom. The molecule has 1 saturated heterocycles. The maximum absolute atomic E-state index is 9.67. The van der Waals surface area contributed by atoms with E-state index in [4.69, 9.17) is 4.74 Å². The Balaban J connectivity index is 1.71. The predicted molar refractivity (Wildman–Crippen MR) is 72.9 cm³/mol. The highest BCUT2D eigenvalue weighted by molar-refractivity contribution is 5.26. The Bertz CT molecular complexity index is 363. The molecule has 0 aliphatic carbocycles. The molecule has 18 heavy (non-hydrogen) atoms. The number of rotatable bonds is 4. The first-order chi connectivity index (χ1) is 8.65. The number of likely N-dealkylation sites (tertiary alicyclic amines) is 1. The molecule has 0 spiro atoms. The van der Waals surface area contributed by atoms with Gasteiger partial charge in [0.05, 0.1) is 6.10 Å². The lowest BCUT2D eigenvalue weighted by Gasteiger charge is -2.34. The number of aryl methyl sites for hydroxylation is 1. The Morgan fingerprint density at radius 3 is 2.72 bits per heavy atom. The van der Waals surface area contributed by atoms with Crippen molar-refractivity contribution in [3.05, 3.63) is 29.8 Å². The number of nitrogens with zero attached hydrogens (tertiary/aromatic N) is 1. The Hall–Kier alpha value is -1.06. The van der Waals surface area contributed by atoms with E-state index in [1.165, 1.54) is 5.56 Å². The van der Waals surface area contributed by atoms with Crippen molar-refractivity contribution in [2.75, 3.05) is 26.2 Å². The molecule has 0 aromatic heterocycles. The van der Waals surface area contributed by atoms with Gasteiger partial charge in [0, 0.05) is 19.6 Å². The first-order valence-corrected chi connectivity index (χ1v) is 6.75. The van der Waals surface area contributed by atoms with Crippen LogP contribution in [-0.4, -0.2) is 42.4 Å². The van der Waals surface area contributed by atoms with Crippen molar-refractivity contribution < 1.29 is 9.84 Å². The fourth-order valence-electron chi connectivity index (χ4n) is 2.35. The Kier molecular flexibility index (Phi) is 4.61. The molecule has 1 aliphatic heterocycles. The number of hydrogen-bond acceptors (Lipinski definition) is 3. The first kappa shape index (κ1) is 13.4. The van der Waals surface area contributed by atoms with E-state index in [9.17, 15) is 5.11 Å². The summed E-state index contributed by atoms with van der Waals surface area (Å²) in [6, 6.07) is 8.15. The van der Waals surface area contributed by atoms with Gasteiger partial charge in [-0.25, -0.2) is 0 Å². The smallest absolute Gasteiger partial charge is 0.119 e. The quantitative estimate of drug-likeness (QED) is 0.886. The lowest BCUT2D eigenvalue weighted by atomic mass is 9.97. The average Bonchev–Trinajstić information content (AvgIpc) is 2.36. The van der Waals surface area contributed by atoms with Gasteiger partial charge in [-0.05, 0) is 31.4 Å². The summed E-state index contributed by atoms with van der Waals surface area (Å²) in [7, 11) is 0. The van der Waals surface area contributed by atoms with Crippen LogP contribution in [-0.2, 0) is 0 Å². The van der Waals surface area contributed by atoms with Crippen molar-refractivity contribution in [2.24, 2.45) is 5.92 Å². The lowest BCUT2D eigenvalue weighted by Crippen LogP contribution is -2.43. The van der Waals surface area contributed by atoms with E-state index in [1.54, 1.807) is 0 Å². The third kappa shape index (κ3) is 3.72. The largest absolute Gasteiger partial charge is 0.492 e. The molecular weight excluding hydrogens is 226 g/mol. The van der Waals surface area contributed by atoms with Gasteiger partial charge in [0.2, 0.25) is 0 Å². The van der Waals surface area contributed by atoms with Gasteiger partial charge < -0.3 is 9.84 Å². The molecule has 2 unspecified atom stereocenters. The van der Waals surface area contributed by atoms with Crippen LogP contribution in [0, 0.1) is 12.8 Å². The summed E-state index contributed by atoms with van der Waals surface area (Å²) >= 11 is 0. The average molecular weight is 249 g/mol. The predicted octanol–water partition coefficient (Wildman–Crippen LogP) is 2.08. The monoisotopic (exact) mass is 249 g/mol. The molecule has 2 rings (SSSR count). The minimum absolute atomic E-state index is 0.126. The number of aliphatic hydroxyl groups is 1. The number of piperidine rings is 1. The van der Waals surface area contributed by atoms with Crippen molar-refractivity contribution in [2.45, 2.75) is 26.4 Å². The SMILES string of the molecule is Cc1ccc(OCCN2CCC(O)C(C)C2)cc1. The molecule has 3 heteroatoms. The van der Waals surface area contributed by atoms with Crippen LogP contribution in [0.15, 0.2) is 24.3 Å². The number of hydrogen-bond donors (Lipinski definition) is 1. The molecule has 0 amide bonds. The van der Waals surface area contributed by atoms with E-state index in [1.807, 2.05) is 12.1 Å². The van der Waals surface area contributed by atoms with E-state index in [0.717, 1.165) is 31.8 Å². The van der Waals surface area contributed by atoms with Gasteiger partial charge in [-0.3, -0.25) is 4.90 Å². The lowest BCUT2D eigenvalue weighted by molar-refractivity contribution is 0.0304. The molecule has 2 atom stereocenters. The van der Waals surface area contributed by atoms with E-state index >= 15 is 0 Å². The van der Waals surface area contributed by atoms with Crippen LogP contribution in [0.1, 0.15) is 18.9 Å². The van der Waals surface area contributed by atoms with Gasteiger partial charge in [0.1, 0.15) is 12.4 Å². The highest BCUT2D eigenvalue weighted by atomic mass is 16.5. The maximum Gasteiger partial charge on any atom is 0.119 e. The van der Waals surface area contributed by atoms with Crippen LogP contribution < -0.4 is 4.74 Å². The summed E-state index contributed by atoms with van der Waals surface area (Å²) in [5.74, 6) is 1.31. The second-order valence-corrected chi connectivity index (χ2v) is 5.30. The summed E-state index contributed by atoms with van der Waals surface area (Å²) in [6.45, 7) is 7.78. The number of aliphatic hydroxyl groups excluding tert-OH is 1. The second-order valence-electron chi connectivity index (χ2n) is 5.30. The number of benzene rings is 1. The fraction of sp³-hybridized carbons (Fsp3) is 0.600. The molecule has 1 aromatic rings. The summed E-state index contributed by atoms with van der Waals surface area (Å²) in [4.78, 5) is 2.37. The molecule has 1 aliphatic rings. The van der Waals surface area contributed by atoms with Gasteiger partial charge in [-0.2, -0.15) is 0 Å². The molecular formula is C15H23NO2. The van der Waals surface area contributed by atoms with E-state index in [2.05, 4.69) is 30.9 Å². The van der Waals surface area contributed by atoms with Crippen molar-refractivity contribution in [1.29, 1.82) is 0 Å². The third-order valence-electron chi connectivity index (χ3n) is 3.64. The third-order valence-corrected chi connectivity index (χ3v) is 3.64.